The maximum atomic E-state index is 12.1. The molecule has 0 atom stereocenters. The molecule has 1 aliphatic heterocycles. The molecule has 146 valence electrons. The molecule has 0 bridgehead atoms. The fourth-order valence-electron chi connectivity index (χ4n) is 2.70. The first kappa shape index (κ1) is 23.9. The highest BCUT2D eigenvalue weighted by atomic mass is 35.5. The maximum Gasteiger partial charge on any atom is 0.303 e. The average Bonchev–Trinajstić information content (AvgIpc) is 2.58. The number of nitrogens with zero attached hydrogens (tertiary/aromatic N) is 2. The van der Waals surface area contributed by atoms with E-state index in [0.29, 0.717) is 18.5 Å². The predicted molar refractivity (Wildman–Crippen MR) is 105 cm³/mol. The lowest BCUT2D eigenvalue weighted by atomic mass is 9.96. The zero-order chi connectivity index (χ0) is 17.5. The molecule has 10 heteroatoms. The number of carboxylic acid groups (broad SMARTS) is 1. The minimum Gasteiger partial charge on any atom is -0.481 e. The highest BCUT2D eigenvalue weighted by Gasteiger charge is 2.25. The first-order valence-electron chi connectivity index (χ1n) is 8.02. The third-order valence-corrected chi connectivity index (χ3v) is 4.12. The lowest BCUT2D eigenvalue weighted by Crippen LogP contribution is -2.41. The maximum absolute atomic E-state index is 12.1. The van der Waals surface area contributed by atoms with Crippen LogP contribution in [0.4, 0.5) is 5.82 Å². The van der Waals surface area contributed by atoms with E-state index in [1.165, 1.54) is 0 Å². The molecule has 0 spiro atoms. The number of amides is 1. The fourth-order valence-corrected chi connectivity index (χ4v) is 2.70. The Morgan fingerprint density at radius 1 is 1.31 bits per heavy atom. The fraction of sp³-hybridized carbons (Fsp3) is 0.500. The third-order valence-electron chi connectivity index (χ3n) is 4.12. The molecule has 2 rings (SSSR count). The summed E-state index contributed by atoms with van der Waals surface area (Å²) in [5, 5.41) is 18.7. The van der Waals surface area contributed by atoms with Crippen molar-refractivity contribution in [3.05, 3.63) is 23.9 Å². The molecule has 0 unspecified atom stereocenters. The van der Waals surface area contributed by atoms with E-state index >= 15 is 0 Å². The van der Waals surface area contributed by atoms with Gasteiger partial charge in [-0.25, -0.2) is 4.98 Å². The van der Waals surface area contributed by atoms with E-state index in [1.807, 2.05) is 6.07 Å². The molecule has 0 saturated carbocycles. The minimum atomic E-state index is -0.846. The molecule has 26 heavy (non-hydrogen) atoms. The number of piperidine rings is 1. The number of halogens is 2. The molecular formula is C16H25Cl2N5O3. The SMILES string of the molecule is Cl.Cl.N=C(N)c1ccc(N2CCC(C(=O)NCCCC(=O)O)CC2)nc1. The standard InChI is InChI=1S/C16H23N5O3.2ClH/c17-15(18)12-3-4-13(20-10-12)21-8-5-11(6-9-21)16(24)19-7-1-2-14(22)23;;/h3-4,10-11H,1-2,5-9H2,(H3,17,18)(H,19,24)(H,22,23);2*1H. The van der Waals surface area contributed by atoms with Gasteiger partial charge in [0.15, 0.2) is 0 Å². The molecule has 1 aromatic rings. The number of carboxylic acids is 1. The quantitative estimate of drug-likeness (QED) is 0.308. The van der Waals surface area contributed by atoms with Crippen molar-refractivity contribution < 1.29 is 14.7 Å². The number of amidine groups is 1. The molecule has 2 heterocycles. The Bertz CT molecular complexity index is 604. The van der Waals surface area contributed by atoms with Gasteiger partial charge < -0.3 is 21.1 Å². The van der Waals surface area contributed by atoms with E-state index in [-0.39, 0.29) is 48.9 Å². The van der Waals surface area contributed by atoms with Crippen LogP contribution in [0, 0.1) is 11.3 Å². The van der Waals surface area contributed by atoms with Crippen molar-refractivity contribution in [2.75, 3.05) is 24.5 Å². The summed E-state index contributed by atoms with van der Waals surface area (Å²) in [5.74, 6) is -0.0732. The molecule has 0 aromatic carbocycles. The van der Waals surface area contributed by atoms with Gasteiger partial charge >= 0.3 is 5.97 Å². The van der Waals surface area contributed by atoms with Gasteiger partial charge in [-0.3, -0.25) is 15.0 Å². The Kier molecular flexibility index (Phi) is 10.6. The van der Waals surface area contributed by atoms with Gasteiger partial charge in [0.05, 0.1) is 0 Å². The molecule has 1 amide bonds. The Labute approximate surface area is 164 Å². The van der Waals surface area contributed by atoms with Crippen molar-refractivity contribution in [2.24, 2.45) is 11.7 Å². The van der Waals surface area contributed by atoms with Gasteiger partial charge in [-0.05, 0) is 31.4 Å². The Morgan fingerprint density at radius 3 is 2.46 bits per heavy atom. The zero-order valence-electron chi connectivity index (χ0n) is 14.3. The van der Waals surface area contributed by atoms with Gasteiger partial charge in [0.2, 0.25) is 5.91 Å². The highest BCUT2D eigenvalue weighted by Crippen LogP contribution is 2.22. The first-order valence-corrected chi connectivity index (χ1v) is 8.02. The normalized spacial score (nSPS) is 13.9. The summed E-state index contributed by atoms with van der Waals surface area (Å²) in [4.78, 5) is 28.9. The molecule has 8 nitrogen and oxygen atoms in total. The molecule has 1 aliphatic rings. The number of anilines is 1. The number of hydrogen-bond donors (Lipinski definition) is 4. The number of nitrogens with one attached hydrogen (secondary N) is 2. The monoisotopic (exact) mass is 405 g/mol. The van der Waals surface area contributed by atoms with Crippen molar-refractivity contribution in [2.45, 2.75) is 25.7 Å². The average molecular weight is 406 g/mol. The summed E-state index contributed by atoms with van der Waals surface area (Å²) in [6.45, 7) is 1.87. The first-order chi connectivity index (χ1) is 11.5. The number of hydrogen-bond acceptors (Lipinski definition) is 5. The second-order valence-corrected chi connectivity index (χ2v) is 5.87. The Balaban J connectivity index is 0.00000312. The van der Waals surface area contributed by atoms with Crippen molar-refractivity contribution in [3.63, 3.8) is 0 Å². The van der Waals surface area contributed by atoms with Gasteiger partial charge in [0, 0.05) is 43.7 Å². The van der Waals surface area contributed by atoms with Crippen LogP contribution in [0.3, 0.4) is 0 Å². The van der Waals surface area contributed by atoms with Crippen molar-refractivity contribution in [1.82, 2.24) is 10.3 Å². The second kappa shape index (κ2) is 11.5. The number of carbonyl (C=O) groups excluding carboxylic acids is 1. The summed E-state index contributed by atoms with van der Waals surface area (Å²) >= 11 is 0. The van der Waals surface area contributed by atoms with Gasteiger partial charge in [-0.1, -0.05) is 0 Å². The van der Waals surface area contributed by atoms with E-state index in [9.17, 15) is 9.59 Å². The van der Waals surface area contributed by atoms with Crippen LogP contribution in [0.5, 0.6) is 0 Å². The molecular weight excluding hydrogens is 381 g/mol. The van der Waals surface area contributed by atoms with E-state index in [0.717, 1.165) is 31.7 Å². The number of rotatable bonds is 7. The third kappa shape index (κ3) is 7.05. The Morgan fingerprint density at radius 2 is 1.96 bits per heavy atom. The van der Waals surface area contributed by atoms with E-state index in [4.69, 9.17) is 16.2 Å². The van der Waals surface area contributed by atoms with Crippen LogP contribution in [-0.2, 0) is 9.59 Å². The van der Waals surface area contributed by atoms with Crippen molar-refractivity contribution >= 4 is 48.3 Å². The van der Waals surface area contributed by atoms with E-state index in [1.54, 1.807) is 12.3 Å². The molecule has 1 aromatic heterocycles. The van der Waals surface area contributed by atoms with Gasteiger partial charge in [-0.15, -0.1) is 24.8 Å². The lowest BCUT2D eigenvalue weighted by Gasteiger charge is -2.32. The number of aliphatic carboxylic acids is 1. The zero-order valence-corrected chi connectivity index (χ0v) is 15.9. The molecule has 1 saturated heterocycles. The van der Waals surface area contributed by atoms with Crippen LogP contribution in [0.15, 0.2) is 18.3 Å². The summed E-state index contributed by atoms with van der Waals surface area (Å²) in [5.41, 5.74) is 6.00. The summed E-state index contributed by atoms with van der Waals surface area (Å²) < 4.78 is 0. The van der Waals surface area contributed by atoms with Crippen LogP contribution in [0.2, 0.25) is 0 Å². The molecule has 5 N–H and O–H groups in total. The molecule has 1 fully saturated rings. The van der Waals surface area contributed by atoms with Crippen LogP contribution in [-0.4, -0.2) is 47.4 Å². The van der Waals surface area contributed by atoms with Gasteiger partial charge in [0.25, 0.3) is 0 Å². The minimum absolute atomic E-state index is 0. The molecule has 0 aliphatic carbocycles. The number of carbonyl (C=O) groups is 2. The second-order valence-electron chi connectivity index (χ2n) is 5.87. The number of nitrogens with two attached hydrogens (primary N) is 1. The topological polar surface area (TPSA) is 132 Å². The summed E-state index contributed by atoms with van der Waals surface area (Å²) in [7, 11) is 0. The van der Waals surface area contributed by atoms with Crippen LogP contribution < -0.4 is 16.0 Å². The molecule has 0 radical (unpaired) electrons. The van der Waals surface area contributed by atoms with Crippen molar-refractivity contribution in [3.8, 4) is 0 Å². The lowest BCUT2D eigenvalue weighted by molar-refractivity contribution is -0.137. The number of pyridine rings is 1. The Hall–Kier alpha value is -2.06. The summed E-state index contributed by atoms with van der Waals surface area (Å²) in [6, 6.07) is 3.61. The van der Waals surface area contributed by atoms with E-state index in [2.05, 4.69) is 15.2 Å². The van der Waals surface area contributed by atoms with E-state index < -0.39 is 5.97 Å². The van der Waals surface area contributed by atoms with Crippen LogP contribution >= 0.6 is 24.8 Å². The largest absolute Gasteiger partial charge is 0.481 e. The van der Waals surface area contributed by atoms with Crippen LogP contribution in [0.25, 0.3) is 0 Å². The number of nitrogen functional groups attached to an aromatic ring is 1. The predicted octanol–water partition coefficient (Wildman–Crippen LogP) is 1.41. The number of aromatic nitrogens is 1. The van der Waals surface area contributed by atoms with Gasteiger partial charge in [-0.2, -0.15) is 0 Å². The van der Waals surface area contributed by atoms with Gasteiger partial charge in [0.1, 0.15) is 11.7 Å². The van der Waals surface area contributed by atoms with Crippen LogP contribution in [0.1, 0.15) is 31.2 Å². The smallest absolute Gasteiger partial charge is 0.303 e. The van der Waals surface area contributed by atoms with Crippen molar-refractivity contribution in [1.29, 1.82) is 5.41 Å². The highest BCUT2D eigenvalue weighted by molar-refractivity contribution is 5.94. The summed E-state index contributed by atoms with van der Waals surface area (Å²) in [6.07, 6.45) is 3.58.